The fourth-order valence-corrected chi connectivity index (χ4v) is 5.20. The summed E-state index contributed by atoms with van der Waals surface area (Å²) in [5, 5.41) is 5.96. The van der Waals surface area contributed by atoms with E-state index in [2.05, 4.69) is 31.4 Å². The lowest BCUT2D eigenvalue weighted by atomic mass is 9.69. The molecule has 3 atom stereocenters. The first-order valence-electron chi connectivity index (χ1n) is 11.3. The lowest BCUT2D eigenvalue weighted by Crippen LogP contribution is -2.50. The summed E-state index contributed by atoms with van der Waals surface area (Å²) < 4.78 is 0. The molecule has 1 aromatic carbocycles. The highest BCUT2D eigenvalue weighted by atomic mass is 16.2. The molecule has 162 valence electrons. The van der Waals surface area contributed by atoms with Crippen LogP contribution in [0.2, 0.25) is 0 Å². The molecule has 2 saturated carbocycles. The SMILES string of the molecule is CC(C)(C)C1CCCCC1NC(=O)CNC(=O)C1c2ccccc2C(=O)N1C1CC1. The van der Waals surface area contributed by atoms with Crippen LogP contribution >= 0.6 is 0 Å². The average molecular weight is 412 g/mol. The summed E-state index contributed by atoms with van der Waals surface area (Å²) in [5.41, 5.74) is 1.48. The highest BCUT2D eigenvalue weighted by Crippen LogP contribution is 2.42. The van der Waals surface area contributed by atoms with E-state index in [4.69, 9.17) is 0 Å². The Labute approximate surface area is 178 Å². The summed E-state index contributed by atoms with van der Waals surface area (Å²) in [6.45, 7) is 6.62. The van der Waals surface area contributed by atoms with Crippen molar-refractivity contribution in [3.05, 3.63) is 35.4 Å². The Hall–Kier alpha value is -2.37. The number of nitrogens with zero attached hydrogens (tertiary/aromatic N) is 1. The summed E-state index contributed by atoms with van der Waals surface area (Å²) in [6.07, 6.45) is 6.30. The number of amides is 3. The third-order valence-corrected chi connectivity index (χ3v) is 6.83. The van der Waals surface area contributed by atoms with Gasteiger partial charge in [-0.2, -0.15) is 0 Å². The van der Waals surface area contributed by atoms with Gasteiger partial charge in [0, 0.05) is 17.6 Å². The van der Waals surface area contributed by atoms with Crippen LogP contribution < -0.4 is 10.6 Å². The molecule has 4 rings (SSSR count). The molecule has 1 aliphatic heterocycles. The third-order valence-electron chi connectivity index (χ3n) is 6.83. The maximum absolute atomic E-state index is 13.0. The molecule has 3 amide bonds. The quantitative estimate of drug-likeness (QED) is 0.781. The topological polar surface area (TPSA) is 78.5 Å². The molecule has 2 fully saturated rings. The molecule has 0 aromatic heterocycles. The minimum atomic E-state index is -0.633. The summed E-state index contributed by atoms with van der Waals surface area (Å²) >= 11 is 0. The van der Waals surface area contributed by atoms with Gasteiger partial charge in [-0.15, -0.1) is 0 Å². The smallest absolute Gasteiger partial charge is 0.255 e. The molecule has 2 N–H and O–H groups in total. The van der Waals surface area contributed by atoms with E-state index in [1.807, 2.05) is 18.2 Å². The van der Waals surface area contributed by atoms with E-state index in [1.54, 1.807) is 11.0 Å². The monoisotopic (exact) mass is 411 g/mol. The van der Waals surface area contributed by atoms with Crippen molar-refractivity contribution in [1.82, 2.24) is 15.5 Å². The second-order valence-electron chi connectivity index (χ2n) is 10.1. The van der Waals surface area contributed by atoms with Crippen LogP contribution in [0.25, 0.3) is 0 Å². The normalized spacial score (nSPS) is 26.3. The van der Waals surface area contributed by atoms with Gasteiger partial charge in [-0.05, 0) is 48.6 Å². The van der Waals surface area contributed by atoms with Gasteiger partial charge in [0.05, 0.1) is 6.54 Å². The van der Waals surface area contributed by atoms with E-state index in [0.29, 0.717) is 11.5 Å². The van der Waals surface area contributed by atoms with Crippen molar-refractivity contribution in [3.63, 3.8) is 0 Å². The van der Waals surface area contributed by atoms with Crippen LogP contribution in [0.4, 0.5) is 0 Å². The molecule has 3 unspecified atom stereocenters. The number of hydrogen-bond donors (Lipinski definition) is 2. The molecule has 0 bridgehead atoms. The first kappa shape index (κ1) is 20.9. The van der Waals surface area contributed by atoms with Crippen molar-refractivity contribution >= 4 is 17.7 Å². The van der Waals surface area contributed by atoms with Crippen molar-refractivity contribution < 1.29 is 14.4 Å². The zero-order chi connectivity index (χ0) is 21.5. The Balaban J connectivity index is 1.39. The van der Waals surface area contributed by atoms with Crippen molar-refractivity contribution in [3.8, 4) is 0 Å². The van der Waals surface area contributed by atoms with Crippen molar-refractivity contribution in [2.24, 2.45) is 11.3 Å². The van der Waals surface area contributed by atoms with Gasteiger partial charge < -0.3 is 15.5 Å². The standard InChI is InChI=1S/C24H33N3O3/c1-24(2,3)18-10-6-7-11-19(18)26-20(28)14-25-22(29)21-16-8-4-5-9-17(16)23(30)27(21)15-12-13-15/h4-5,8-9,15,18-19,21H,6-7,10-14H2,1-3H3,(H,25,29)(H,26,28). The maximum atomic E-state index is 13.0. The van der Waals surface area contributed by atoms with Gasteiger partial charge >= 0.3 is 0 Å². The predicted molar refractivity (Wildman–Crippen MR) is 115 cm³/mol. The third kappa shape index (κ3) is 4.09. The molecular formula is C24H33N3O3. The lowest BCUT2D eigenvalue weighted by Gasteiger charge is -2.40. The van der Waals surface area contributed by atoms with Crippen LogP contribution in [0.5, 0.6) is 0 Å². The van der Waals surface area contributed by atoms with E-state index >= 15 is 0 Å². The largest absolute Gasteiger partial charge is 0.352 e. The van der Waals surface area contributed by atoms with Gasteiger partial charge in [-0.1, -0.05) is 51.8 Å². The molecule has 6 heteroatoms. The summed E-state index contributed by atoms with van der Waals surface area (Å²) in [4.78, 5) is 40.2. The highest BCUT2D eigenvalue weighted by Gasteiger charge is 2.47. The Kier molecular flexibility index (Phi) is 5.60. The number of fused-ring (bicyclic) bond motifs is 1. The second kappa shape index (κ2) is 8.05. The van der Waals surface area contributed by atoms with E-state index < -0.39 is 6.04 Å². The van der Waals surface area contributed by atoms with E-state index in [1.165, 1.54) is 6.42 Å². The summed E-state index contributed by atoms with van der Waals surface area (Å²) in [7, 11) is 0. The van der Waals surface area contributed by atoms with Gasteiger partial charge in [0.15, 0.2) is 0 Å². The van der Waals surface area contributed by atoms with Crippen LogP contribution in [0.3, 0.4) is 0 Å². The van der Waals surface area contributed by atoms with Crippen molar-refractivity contribution in [2.75, 3.05) is 6.54 Å². The fourth-order valence-electron chi connectivity index (χ4n) is 5.20. The van der Waals surface area contributed by atoms with Gasteiger partial charge in [0.25, 0.3) is 5.91 Å². The first-order valence-corrected chi connectivity index (χ1v) is 11.3. The van der Waals surface area contributed by atoms with Gasteiger partial charge in [-0.3, -0.25) is 14.4 Å². The molecule has 0 radical (unpaired) electrons. The fraction of sp³-hybridized carbons (Fsp3) is 0.625. The summed E-state index contributed by atoms with van der Waals surface area (Å²) in [5.74, 6) is -0.0602. The summed E-state index contributed by atoms with van der Waals surface area (Å²) in [6, 6.07) is 6.95. The number of benzene rings is 1. The molecule has 6 nitrogen and oxygen atoms in total. The van der Waals surface area contributed by atoms with E-state index in [9.17, 15) is 14.4 Å². The van der Waals surface area contributed by atoms with Crippen molar-refractivity contribution in [2.45, 2.75) is 77.4 Å². The molecule has 0 spiro atoms. The van der Waals surface area contributed by atoms with Crippen LogP contribution in [0, 0.1) is 11.3 Å². The minimum absolute atomic E-state index is 0.0580. The molecule has 1 heterocycles. The number of hydrogen-bond acceptors (Lipinski definition) is 3. The molecule has 3 aliphatic rings. The lowest BCUT2D eigenvalue weighted by molar-refractivity contribution is -0.129. The number of carbonyl (C=O) groups is 3. The number of rotatable bonds is 5. The van der Waals surface area contributed by atoms with Crippen LogP contribution in [-0.2, 0) is 9.59 Å². The Morgan fingerprint density at radius 1 is 1.07 bits per heavy atom. The molecule has 30 heavy (non-hydrogen) atoms. The molecule has 0 saturated heterocycles. The van der Waals surface area contributed by atoms with Gasteiger partial charge in [0.2, 0.25) is 11.8 Å². The average Bonchev–Trinajstić information content (AvgIpc) is 3.50. The zero-order valence-corrected chi connectivity index (χ0v) is 18.2. The first-order chi connectivity index (χ1) is 14.3. The van der Waals surface area contributed by atoms with Gasteiger partial charge in [-0.25, -0.2) is 0 Å². The number of nitrogens with one attached hydrogen (secondary N) is 2. The maximum Gasteiger partial charge on any atom is 0.255 e. The molecule has 2 aliphatic carbocycles. The minimum Gasteiger partial charge on any atom is -0.352 e. The molecule has 1 aromatic rings. The van der Waals surface area contributed by atoms with Crippen LogP contribution in [-0.4, -0.2) is 41.2 Å². The Bertz CT molecular complexity index is 840. The Morgan fingerprint density at radius 3 is 2.47 bits per heavy atom. The Morgan fingerprint density at radius 2 is 1.77 bits per heavy atom. The molecular weight excluding hydrogens is 378 g/mol. The van der Waals surface area contributed by atoms with Crippen LogP contribution in [0.1, 0.15) is 81.3 Å². The van der Waals surface area contributed by atoms with Crippen LogP contribution in [0.15, 0.2) is 24.3 Å². The zero-order valence-electron chi connectivity index (χ0n) is 18.2. The van der Waals surface area contributed by atoms with Gasteiger partial charge in [0.1, 0.15) is 6.04 Å². The second-order valence-corrected chi connectivity index (χ2v) is 10.1. The number of carbonyl (C=O) groups excluding carboxylic acids is 3. The highest BCUT2D eigenvalue weighted by molar-refractivity contribution is 6.05. The van der Waals surface area contributed by atoms with Crippen molar-refractivity contribution in [1.29, 1.82) is 0 Å². The predicted octanol–water partition coefficient (Wildman–Crippen LogP) is 3.18. The van der Waals surface area contributed by atoms with E-state index in [0.717, 1.165) is 37.7 Å². The van der Waals surface area contributed by atoms with E-state index in [-0.39, 0.29) is 41.8 Å².